The number of carbonyl (C=O) groups excluding carboxylic acids is 1. The number of aromatic amines is 1. The lowest BCUT2D eigenvalue weighted by atomic mass is 9.94. The van der Waals surface area contributed by atoms with E-state index in [-0.39, 0.29) is 5.91 Å². The van der Waals surface area contributed by atoms with E-state index in [9.17, 15) is 4.79 Å². The van der Waals surface area contributed by atoms with E-state index in [2.05, 4.69) is 14.9 Å². The van der Waals surface area contributed by atoms with Crippen molar-refractivity contribution in [3.05, 3.63) is 41.3 Å². The van der Waals surface area contributed by atoms with Gasteiger partial charge in [0.1, 0.15) is 5.82 Å². The molecule has 1 saturated carbocycles. The number of nitrogens with zero attached hydrogens (tertiary/aromatic N) is 3. The fraction of sp³-hybridized carbons (Fsp3) is 0.565. The Bertz CT molecular complexity index is 805. The zero-order valence-corrected chi connectivity index (χ0v) is 17.2. The number of hydrogen-bond acceptors (Lipinski definition) is 3. The number of nitrogens with one attached hydrogen (secondary N) is 1. The minimum atomic E-state index is 0.159. The third-order valence-corrected chi connectivity index (χ3v) is 6.32. The highest BCUT2D eigenvalue weighted by molar-refractivity contribution is 5.94. The van der Waals surface area contributed by atoms with Crippen LogP contribution in [-0.4, -0.2) is 57.9 Å². The summed E-state index contributed by atoms with van der Waals surface area (Å²) in [5, 5.41) is 0. The van der Waals surface area contributed by atoms with Gasteiger partial charge in [-0.3, -0.25) is 9.69 Å². The van der Waals surface area contributed by atoms with Gasteiger partial charge in [0.05, 0.1) is 5.69 Å². The van der Waals surface area contributed by atoms with E-state index in [1.807, 2.05) is 43.0 Å². The van der Waals surface area contributed by atoms with Crippen molar-refractivity contribution in [1.29, 1.82) is 0 Å². The summed E-state index contributed by atoms with van der Waals surface area (Å²) >= 11 is 0. The summed E-state index contributed by atoms with van der Waals surface area (Å²) in [6.45, 7) is 7.84. The fourth-order valence-electron chi connectivity index (χ4n) is 4.80. The van der Waals surface area contributed by atoms with Crippen molar-refractivity contribution in [1.82, 2.24) is 19.8 Å². The van der Waals surface area contributed by atoms with Crippen molar-refractivity contribution in [2.45, 2.75) is 58.4 Å². The first-order valence-electron chi connectivity index (χ1n) is 10.8. The van der Waals surface area contributed by atoms with Crippen LogP contribution in [0.5, 0.6) is 0 Å². The first-order chi connectivity index (χ1) is 13.6. The standard InChI is InChI=1S/C23H32N4O/c1-17-22(25-18(2)24-17)19-9-11-20(12-10-19)23(28)27-14-6-13-26(15-16-27)21-7-4-3-5-8-21/h9-12,21H,3-8,13-16H2,1-2H3,(H,24,25). The van der Waals surface area contributed by atoms with Crippen LogP contribution < -0.4 is 0 Å². The fourth-order valence-corrected chi connectivity index (χ4v) is 4.80. The van der Waals surface area contributed by atoms with Crippen LogP contribution in [0.25, 0.3) is 11.3 Å². The topological polar surface area (TPSA) is 52.2 Å². The lowest BCUT2D eigenvalue weighted by Gasteiger charge is -2.33. The average Bonchev–Trinajstić information content (AvgIpc) is 2.92. The number of rotatable bonds is 3. The van der Waals surface area contributed by atoms with Gasteiger partial charge in [-0.2, -0.15) is 0 Å². The molecule has 2 aromatic rings. The molecule has 1 amide bonds. The van der Waals surface area contributed by atoms with Crippen LogP contribution in [0.15, 0.2) is 24.3 Å². The molecule has 1 N–H and O–H groups in total. The van der Waals surface area contributed by atoms with Gasteiger partial charge in [-0.15, -0.1) is 0 Å². The largest absolute Gasteiger partial charge is 0.346 e. The number of amides is 1. The minimum Gasteiger partial charge on any atom is -0.346 e. The molecule has 0 radical (unpaired) electrons. The van der Waals surface area contributed by atoms with Crippen molar-refractivity contribution in [3.8, 4) is 11.3 Å². The highest BCUT2D eigenvalue weighted by atomic mass is 16.2. The van der Waals surface area contributed by atoms with Gasteiger partial charge in [-0.25, -0.2) is 4.98 Å². The third-order valence-electron chi connectivity index (χ3n) is 6.32. The average molecular weight is 381 g/mol. The molecule has 0 spiro atoms. The van der Waals surface area contributed by atoms with Crippen LogP contribution >= 0.6 is 0 Å². The van der Waals surface area contributed by atoms with Gasteiger partial charge in [0.25, 0.3) is 5.91 Å². The molecule has 150 valence electrons. The van der Waals surface area contributed by atoms with Crippen LogP contribution in [0.2, 0.25) is 0 Å². The molecule has 0 unspecified atom stereocenters. The van der Waals surface area contributed by atoms with E-state index in [0.29, 0.717) is 0 Å². The second-order valence-electron chi connectivity index (χ2n) is 8.35. The third kappa shape index (κ3) is 4.14. The maximum absolute atomic E-state index is 13.0. The first kappa shape index (κ1) is 19.2. The van der Waals surface area contributed by atoms with Gasteiger partial charge in [-0.1, -0.05) is 31.4 Å². The van der Waals surface area contributed by atoms with Gasteiger partial charge < -0.3 is 9.88 Å². The Balaban J connectivity index is 1.40. The quantitative estimate of drug-likeness (QED) is 0.869. The number of aromatic nitrogens is 2. The highest BCUT2D eigenvalue weighted by Gasteiger charge is 2.25. The Labute approximate surface area is 168 Å². The zero-order chi connectivity index (χ0) is 19.5. The lowest BCUT2D eigenvalue weighted by Crippen LogP contribution is -2.40. The maximum Gasteiger partial charge on any atom is 0.253 e. The first-order valence-corrected chi connectivity index (χ1v) is 10.8. The Hall–Kier alpha value is -2.14. The maximum atomic E-state index is 13.0. The predicted octanol–water partition coefficient (Wildman–Crippen LogP) is 4.17. The molecular weight excluding hydrogens is 348 g/mol. The Morgan fingerprint density at radius 3 is 2.39 bits per heavy atom. The number of aryl methyl sites for hydroxylation is 2. The smallest absolute Gasteiger partial charge is 0.253 e. The highest BCUT2D eigenvalue weighted by Crippen LogP contribution is 2.25. The van der Waals surface area contributed by atoms with E-state index < -0.39 is 0 Å². The molecule has 5 heteroatoms. The Morgan fingerprint density at radius 2 is 1.71 bits per heavy atom. The molecule has 2 heterocycles. The van der Waals surface area contributed by atoms with E-state index in [0.717, 1.165) is 67.0 Å². The summed E-state index contributed by atoms with van der Waals surface area (Å²) in [5.74, 6) is 1.08. The lowest BCUT2D eigenvalue weighted by molar-refractivity contribution is 0.0755. The van der Waals surface area contributed by atoms with Gasteiger partial charge in [-0.05, 0) is 45.2 Å². The van der Waals surface area contributed by atoms with E-state index >= 15 is 0 Å². The van der Waals surface area contributed by atoms with E-state index in [1.54, 1.807) is 0 Å². The molecule has 1 aliphatic heterocycles. The number of hydrogen-bond donors (Lipinski definition) is 1. The van der Waals surface area contributed by atoms with Gasteiger partial charge >= 0.3 is 0 Å². The second kappa shape index (κ2) is 8.48. The molecule has 1 aromatic heterocycles. The molecule has 28 heavy (non-hydrogen) atoms. The number of carbonyl (C=O) groups is 1. The predicted molar refractivity (Wildman–Crippen MR) is 112 cm³/mol. The van der Waals surface area contributed by atoms with Gasteiger partial charge in [0, 0.05) is 49.0 Å². The van der Waals surface area contributed by atoms with Crippen LogP contribution in [-0.2, 0) is 0 Å². The SMILES string of the molecule is Cc1nc(-c2ccc(C(=O)N3CCCN(C4CCCCC4)CC3)cc2)c(C)[nH]1. The molecular formula is C23H32N4O. The summed E-state index contributed by atoms with van der Waals surface area (Å²) in [6, 6.07) is 8.67. The van der Waals surface area contributed by atoms with Crippen LogP contribution in [0.1, 0.15) is 60.4 Å². The van der Waals surface area contributed by atoms with Gasteiger partial charge in [0.15, 0.2) is 0 Å². The number of benzene rings is 1. The number of imidazole rings is 1. The van der Waals surface area contributed by atoms with Crippen molar-refractivity contribution < 1.29 is 4.79 Å². The molecule has 5 nitrogen and oxygen atoms in total. The van der Waals surface area contributed by atoms with E-state index in [4.69, 9.17) is 0 Å². The van der Waals surface area contributed by atoms with Gasteiger partial charge in [0.2, 0.25) is 0 Å². The molecule has 1 aliphatic carbocycles. The molecule has 1 saturated heterocycles. The summed E-state index contributed by atoms with van der Waals surface area (Å²) in [7, 11) is 0. The second-order valence-corrected chi connectivity index (χ2v) is 8.35. The normalized spacial score (nSPS) is 19.6. The minimum absolute atomic E-state index is 0.159. The van der Waals surface area contributed by atoms with Crippen molar-refractivity contribution >= 4 is 5.91 Å². The zero-order valence-electron chi connectivity index (χ0n) is 17.2. The van der Waals surface area contributed by atoms with Crippen LogP contribution in [0, 0.1) is 13.8 Å². The van der Waals surface area contributed by atoms with Crippen molar-refractivity contribution in [2.24, 2.45) is 0 Å². The Kier molecular flexibility index (Phi) is 5.81. The molecule has 2 fully saturated rings. The molecule has 0 atom stereocenters. The van der Waals surface area contributed by atoms with Crippen LogP contribution in [0.3, 0.4) is 0 Å². The van der Waals surface area contributed by atoms with Crippen LogP contribution in [0.4, 0.5) is 0 Å². The summed E-state index contributed by atoms with van der Waals surface area (Å²) in [5.41, 5.74) is 3.86. The van der Waals surface area contributed by atoms with E-state index in [1.165, 1.54) is 32.1 Å². The monoisotopic (exact) mass is 380 g/mol. The molecule has 2 aliphatic rings. The molecule has 0 bridgehead atoms. The number of H-pyrrole nitrogens is 1. The van der Waals surface area contributed by atoms with Crippen molar-refractivity contribution in [2.75, 3.05) is 26.2 Å². The summed E-state index contributed by atoms with van der Waals surface area (Å²) < 4.78 is 0. The molecule has 1 aromatic carbocycles. The molecule has 4 rings (SSSR count). The summed E-state index contributed by atoms with van der Waals surface area (Å²) in [4.78, 5) is 25.5. The Morgan fingerprint density at radius 1 is 0.964 bits per heavy atom. The van der Waals surface area contributed by atoms with Crippen molar-refractivity contribution in [3.63, 3.8) is 0 Å². The summed E-state index contributed by atoms with van der Waals surface area (Å²) in [6.07, 6.45) is 7.87.